The third kappa shape index (κ3) is 8.41. The molecule has 35 heavy (non-hydrogen) atoms. The third-order valence-corrected chi connectivity index (χ3v) is 6.31. The van der Waals surface area contributed by atoms with Crippen LogP contribution in [0, 0.1) is 17.8 Å². The van der Waals surface area contributed by atoms with Gasteiger partial charge in [0.2, 0.25) is 21.8 Å². The number of anilines is 1. The molecular weight excluding hydrogens is 470 g/mol. The van der Waals surface area contributed by atoms with Crippen LogP contribution < -0.4 is 20.1 Å². The first-order chi connectivity index (χ1) is 16.6. The SMILES string of the molecule is COc1ccc(/C=C/C[C@H](C(=O)NO)[C@@H](CC(C)C)C(=O)NN(c2ccccc2)S(C)(=O)=O)cc1. The van der Waals surface area contributed by atoms with Gasteiger partial charge in [-0.15, -0.1) is 0 Å². The van der Waals surface area contributed by atoms with Gasteiger partial charge in [-0.2, -0.15) is 4.41 Å². The first-order valence-electron chi connectivity index (χ1n) is 11.2. The molecule has 0 aliphatic carbocycles. The molecule has 2 atom stereocenters. The molecular formula is C25H33N3O6S. The van der Waals surface area contributed by atoms with Gasteiger partial charge in [-0.1, -0.05) is 56.3 Å². The van der Waals surface area contributed by atoms with Gasteiger partial charge in [0.1, 0.15) is 5.75 Å². The average Bonchev–Trinajstić information content (AvgIpc) is 2.83. The van der Waals surface area contributed by atoms with Crippen LogP contribution in [0.2, 0.25) is 0 Å². The van der Waals surface area contributed by atoms with Gasteiger partial charge in [0, 0.05) is 0 Å². The van der Waals surface area contributed by atoms with Gasteiger partial charge in [-0.25, -0.2) is 13.9 Å². The largest absolute Gasteiger partial charge is 0.497 e. The van der Waals surface area contributed by atoms with E-state index in [0.717, 1.165) is 16.2 Å². The molecule has 0 fully saturated rings. The molecule has 0 bridgehead atoms. The number of nitrogens with zero attached hydrogens (tertiary/aromatic N) is 1. The zero-order valence-electron chi connectivity index (χ0n) is 20.3. The summed E-state index contributed by atoms with van der Waals surface area (Å²) >= 11 is 0. The van der Waals surface area contributed by atoms with Gasteiger partial charge in [-0.05, 0) is 48.6 Å². The molecule has 0 radical (unpaired) electrons. The Morgan fingerprint density at radius 1 is 1.03 bits per heavy atom. The molecule has 0 spiro atoms. The summed E-state index contributed by atoms with van der Waals surface area (Å²) in [4.78, 5) is 26.0. The number of benzene rings is 2. The number of ether oxygens (including phenoxy) is 1. The van der Waals surface area contributed by atoms with Crippen LogP contribution in [0.25, 0.3) is 6.08 Å². The second-order valence-electron chi connectivity index (χ2n) is 8.57. The number of hydrogen-bond acceptors (Lipinski definition) is 6. The number of hydroxylamine groups is 1. The van der Waals surface area contributed by atoms with E-state index in [1.807, 2.05) is 26.0 Å². The van der Waals surface area contributed by atoms with Crippen molar-refractivity contribution in [3.05, 3.63) is 66.2 Å². The Morgan fingerprint density at radius 3 is 2.17 bits per heavy atom. The standard InChI is InChI=1S/C25H33N3O6S/c1-18(2)17-23(24(29)26-28(35(4,32)33)20-10-6-5-7-11-20)22(25(30)27-31)12-8-9-19-13-15-21(34-3)16-14-19/h5-11,13-16,18,22-23,31H,12,17H2,1-4H3,(H,26,29)(H,27,30)/b9-8+/t22-,23+/m0/s1. The number of hydrogen-bond donors (Lipinski definition) is 3. The lowest BCUT2D eigenvalue weighted by atomic mass is 9.82. The molecule has 2 amide bonds. The molecule has 0 aromatic heterocycles. The number of allylic oxidation sites excluding steroid dienone is 1. The summed E-state index contributed by atoms with van der Waals surface area (Å²) in [7, 11) is -2.28. The summed E-state index contributed by atoms with van der Waals surface area (Å²) in [6.07, 6.45) is 4.97. The van der Waals surface area contributed by atoms with Crippen molar-refractivity contribution in [2.45, 2.75) is 26.7 Å². The fourth-order valence-electron chi connectivity index (χ4n) is 3.65. The first kappa shape index (κ1) is 27.9. The van der Waals surface area contributed by atoms with E-state index < -0.39 is 33.7 Å². The fraction of sp³-hybridized carbons (Fsp3) is 0.360. The number of amides is 2. The van der Waals surface area contributed by atoms with E-state index in [0.29, 0.717) is 12.2 Å². The Balaban J connectivity index is 2.31. The Labute approximate surface area is 206 Å². The van der Waals surface area contributed by atoms with Gasteiger partial charge in [0.25, 0.3) is 0 Å². The minimum Gasteiger partial charge on any atom is -0.497 e. The minimum absolute atomic E-state index is 0.0220. The topological polar surface area (TPSA) is 125 Å². The molecule has 0 saturated carbocycles. The summed E-state index contributed by atoms with van der Waals surface area (Å²) in [5.41, 5.74) is 5.24. The predicted octanol–water partition coefficient (Wildman–Crippen LogP) is 3.38. The molecule has 3 N–H and O–H groups in total. The number of carbonyl (C=O) groups excluding carboxylic acids is 2. The van der Waals surface area contributed by atoms with Crippen molar-refractivity contribution >= 4 is 33.6 Å². The van der Waals surface area contributed by atoms with E-state index in [-0.39, 0.29) is 18.0 Å². The van der Waals surface area contributed by atoms with Crippen LogP contribution in [0.15, 0.2) is 60.7 Å². The fourth-order valence-corrected chi connectivity index (χ4v) is 4.41. The van der Waals surface area contributed by atoms with Crippen molar-refractivity contribution in [1.82, 2.24) is 10.9 Å². The Bertz CT molecular complexity index is 1100. The summed E-state index contributed by atoms with van der Waals surface area (Å²) < 4.78 is 30.8. The van der Waals surface area contributed by atoms with Crippen molar-refractivity contribution in [1.29, 1.82) is 0 Å². The second kappa shape index (κ2) is 12.9. The molecule has 10 heteroatoms. The van der Waals surface area contributed by atoms with Gasteiger partial charge >= 0.3 is 0 Å². The van der Waals surface area contributed by atoms with E-state index in [2.05, 4.69) is 5.43 Å². The zero-order chi connectivity index (χ0) is 26.0. The molecule has 2 aromatic carbocycles. The monoisotopic (exact) mass is 503 g/mol. The quantitative estimate of drug-likeness (QED) is 0.301. The summed E-state index contributed by atoms with van der Waals surface area (Å²) in [5.74, 6) is -2.48. The smallest absolute Gasteiger partial charge is 0.249 e. The van der Waals surface area contributed by atoms with Crippen LogP contribution in [0.3, 0.4) is 0 Å². The maximum absolute atomic E-state index is 13.4. The molecule has 0 heterocycles. The van der Waals surface area contributed by atoms with Crippen LogP contribution >= 0.6 is 0 Å². The van der Waals surface area contributed by atoms with Crippen molar-refractivity contribution in [2.24, 2.45) is 17.8 Å². The highest BCUT2D eigenvalue weighted by Crippen LogP contribution is 2.26. The van der Waals surface area contributed by atoms with Crippen molar-refractivity contribution in [2.75, 3.05) is 17.8 Å². The number of methoxy groups -OCH3 is 1. The third-order valence-electron chi connectivity index (χ3n) is 5.34. The highest BCUT2D eigenvalue weighted by Gasteiger charge is 2.35. The lowest BCUT2D eigenvalue weighted by molar-refractivity contribution is -0.140. The molecule has 0 unspecified atom stereocenters. The Morgan fingerprint density at radius 2 is 1.66 bits per heavy atom. The summed E-state index contributed by atoms with van der Waals surface area (Å²) in [6, 6.07) is 15.4. The number of sulfonamides is 1. The van der Waals surface area contributed by atoms with Gasteiger partial charge < -0.3 is 4.74 Å². The highest BCUT2D eigenvalue weighted by atomic mass is 32.2. The van der Waals surface area contributed by atoms with Crippen LogP contribution in [-0.4, -0.2) is 38.8 Å². The lowest BCUT2D eigenvalue weighted by Crippen LogP contribution is -2.51. The molecule has 2 aromatic rings. The number of para-hydroxylation sites is 1. The van der Waals surface area contributed by atoms with E-state index in [1.54, 1.807) is 67.2 Å². The van der Waals surface area contributed by atoms with E-state index in [4.69, 9.17) is 4.74 Å². The van der Waals surface area contributed by atoms with Crippen LogP contribution in [0.5, 0.6) is 5.75 Å². The van der Waals surface area contributed by atoms with E-state index in [9.17, 15) is 23.2 Å². The molecule has 190 valence electrons. The Hall–Kier alpha value is -3.37. The summed E-state index contributed by atoms with van der Waals surface area (Å²) in [6.45, 7) is 3.79. The minimum atomic E-state index is -3.86. The van der Waals surface area contributed by atoms with E-state index in [1.165, 1.54) is 0 Å². The van der Waals surface area contributed by atoms with E-state index >= 15 is 0 Å². The lowest BCUT2D eigenvalue weighted by Gasteiger charge is -2.29. The highest BCUT2D eigenvalue weighted by molar-refractivity contribution is 7.92. The van der Waals surface area contributed by atoms with Gasteiger partial charge in [-0.3, -0.25) is 20.2 Å². The van der Waals surface area contributed by atoms with Gasteiger partial charge in [0.05, 0.1) is 30.9 Å². The molecule has 2 rings (SSSR count). The van der Waals surface area contributed by atoms with Gasteiger partial charge in [0.15, 0.2) is 0 Å². The Kier molecular flexibility index (Phi) is 10.3. The second-order valence-corrected chi connectivity index (χ2v) is 10.4. The number of hydrazine groups is 1. The van der Waals surface area contributed by atoms with Crippen LogP contribution in [-0.2, 0) is 19.6 Å². The molecule has 0 saturated heterocycles. The van der Waals surface area contributed by atoms with Crippen molar-refractivity contribution < 1.29 is 28.0 Å². The first-order valence-corrected chi connectivity index (χ1v) is 13.0. The molecule has 0 aliphatic heterocycles. The van der Waals surface area contributed by atoms with Crippen molar-refractivity contribution in [3.63, 3.8) is 0 Å². The normalized spacial score (nSPS) is 13.3. The summed E-state index contributed by atoms with van der Waals surface area (Å²) in [5, 5.41) is 9.36. The zero-order valence-corrected chi connectivity index (χ0v) is 21.2. The molecule has 9 nitrogen and oxygen atoms in total. The van der Waals surface area contributed by atoms with Crippen LogP contribution in [0.4, 0.5) is 5.69 Å². The van der Waals surface area contributed by atoms with Crippen LogP contribution in [0.1, 0.15) is 32.3 Å². The number of carbonyl (C=O) groups is 2. The van der Waals surface area contributed by atoms with Crippen molar-refractivity contribution in [3.8, 4) is 5.75 Å². The number of nitrogens with one attached hydrogen (secondary N) is 2. The maximum Gasteiger partial charge on any atom is 0.249 e. The average molecular weight is 504 g/mol. The predicted molar refractivity (Wildman–Crippen MR) is 135 cm³/mol. The molecule has 0 aliphatic rings. The maximum atomic E-state index is 13.4. The number of rotatable bonds is 12.